The van der Waals surface area contributed by atoms with Gasteiger partial charge in [0, 0.05) is 29.1 Å². The summed E-state index contributed by atoms with van der Waals surface area (Å²) in [5.41, 5.74) is 2.98. The molecule has 0 radical (unpaired) electrons. The molecule has 0 saturated carbocycles. The summed E-state index contributed by atoms with van der Waals surface area (Å²) in [6.45, 7) is 0.470. The second-order valence-electron chi connectivity index (χ2n) is 8.35. The molecule has 0 fully saturated rings. The summed E-state index contributed by atoms with van der Waals surface area (Å²) >= 11 is 1.42. The topological polar surface area (TPSA) is 72.7 Å². The zero-order valence-electron chi connectivity index (χ0n) is 20.1. The number of allylic oxidation sites excluding steroid dienone is 2. The van der Waals surface area contributed by atoms with Crippen LogP contribution in [0.5, 0.6) is 5.75 Å². The Kier molecular flexibility index (Phi) is 9.21. The molecule has 2 aromatic heterocycles. The lowest BCUT2D eigenvalue weighted by Crippen LogP contribution is -2.29. The number of aliphatic imine (C=N–C) groups is 1. The number of amides is 1. The van der Waals surface area contributed by atoms with Gasteiger partial charge in [0.1, 0.15) is 12.0 Å². The summed E-state index contributed by atoms with van der Waals surface area (Å²) < 4.78 is 34.2. The van der Waals surface area contributed by atoms with Gasteiger partial charge < -0.3 is 19.3 Å². The minimum atomic E-state index is -2.67. The van der Waals surface area contributed by atoms with Crippen LogP contribution in [0.3, 0.4) is 0 Å². The molecule has 1 N–H and O–H groups in total. The summed E-state index contributed by atoms with van der Waals surface area (Å²) in [5, 5.41) is 4.66. The molecule has 3 heterocycles. The lowest BCUT2D eigenvalue weighted by atomic mass is 10.1. The number of ether oxygens (including phenoxy) is 1. The van der Waals surface area contributed by atoms with E-state index in [-0.39, 0.29) is 12.5 Å². The molecule has 190 valence electrons. The number of nitrogens with zero attached hydrogens (tertiary/aromatic N) is 2. The van der Waals surface area contributed by atoms with Crippen molar-refractivity contribution in [1.82, 2.24) is 9.79 Å². The number of carbonyl (C=O) groups is 2. The maximum absolute atomic E-state index is 13.8. The minimum absolute atomic E-state index is 0.0847. The van der Waals surface area contributed by atoms with Crippen LogP contribution >= 0.6 is 11.3 Å². The van der Waals surface area contributed by atoms with Crippen LogP contribution in [0.25, 0.3) is 16.6 Å². The molecule has 0 unspecified atom stereocenters. The fourth-order valence-corrected chi connectivity index (χ4v) is 4.62. The summed E-state index contributed by atoms with van der Waals surface area (Å²) in [6.07, 6.45) is 9.27. The van der Waals surface area contributed by atoms with Crippen LogP contribution in [0.2, 0.25) is 0 Å². The van der Waals surface area contributed by atoms with Crippen LogP contribution in [-0.4, -0.2) is 42.9 Å². The van der Waals surface area contributed by atoms with Crippen molar-refractivity contribution in [3.63, 3.8) is 0 Å². The fourth-order valence-electron chi connectivity index (χ4n) is 3.87. The summed E-state index contributed by atoms with van der Waals surface area (Å²) in [4.78, 5) is 27.6. The van der Waals surface area contributed by atoms with Gasteiger partial charge in [-0.3, -0.25) is 13.4 Å². The molecule has 1 aromatic carbocycles. The summed E-state index contributed by atoms with van der Waals surface area (Å²) in [5.74, 6) is 0.354. The van der Waals surface area contributed by atoms with Crippen LogP contribution in [0.1, 0.15) is 36.9 Å². The number of unbranched alkanes of at least 4 members (excludes halogenated alkanes) is 3. The molecule has 1 amide bonds. The maximum atomic E-state index is 13.8. The number of hydrogen-bond donors (Lipinski definition) is 1. The van der Waals surface area contributed by atoms with Gasteiger partial charge in [-0.2, -0.15) is 0 Å². The lowest BCUT2D eigenvalue weighted by Gasteiger charge is -2.08. The number of aromatic nitrogens is 1. The first-order chi connectivity index (χ1) is 18.0. The van der Waals surface area contributed by atoms with Gasteiger partial charge in [-0.05, 0) is 78.9 Å². The van der Waals surface area contributed by atoms with E-state index in [1.54, 1.807) is 36.4 Å². The number of carbonyl (C=O) groups excluding carboxylic acids is 2. The zero-order chi connectivity index (χ0) is 26.0. The Bertz CT molecular complexity index is 1300. The highest BCUT2D eigenvalue weighted by Gasteiger charge is 2.24. The smallest absolute Gasteiger partial charge is 0.484 e. The van der Waals surface area contributed by atoms with Crippen LogP contribution in [0.15, 0.2) is 76.8 Å². The molecule has 0 aliphatic carbocycles. The van der Waals surface area contributed by atoms with Crippen molar-refractivity contribution >= 4 is 42.7 Å². The van der Waals surface area contributed by atoms with Gasteiger partial charge in [0.2, 0.25) is 0 Å². The van der Waals surface area contributed by atoms with Gasteiger partial charge in [-0.15, -0.1) is 11.3 Å². The molecular weight excluding hydrogens is 495 g/mol. The number of hydrogen-bond acceptors (Lipinski definition) is 5. The molecule has 37 heavy (non-hydrogen) atoms. The van der Waals surface area contributed by atoms with Crippen LogP contribution in [-0.2, 0) is 9.59 Å². The van der Waals surface area contributed by atoms with E-state index in [9.17, 15) is 18.2 Å². The van der Waals surface area contributed by atoms with Gasteiger partial charge in [-0.1, -0.05) is 12.5 Å². The highest BCUT2D eigenvalue weighted by Crippen LogP contribution is 2.29. The van der Waals surface area contributed by atoms with E-state index < -0.39 is 7.40 Å². The third-order valence-electron chi connectivity index (χ3n) is 5.72. The van der Waals surface area contributed by atoms with E-state index >= 15 is 0 Å². The second kappa shape index (κ2) is 13.0. The van der Waals surface area contributed by atoms with Crippen LogP contribution in [0.4, 0.5) is 8.63 Å². The van der Waals surface area contributed by atoms with E-state index in [0.717, 1.165) is 40.5 Å². The minimum Gasteiger partial charge on any atom is -0.484 e. The summed E-state index contributed by atoms with van der Waals surface area (Å²) in [7, 11) is -2.67. The van der Waals surface area contributed by atoms with Crippen molar-refractivity contribution < 1.29 is 23.0 Å². The molecule has 1 aliphatic rings. The first-order valence-electron chi connectivity index (χ1n) is 12.0. The molecule has 0 bridgehead atoms. The van der Waals surface area contributed by atoms with Gasteiger partial charge in [-0.25, -0.2) is 4.99 Å². The lowest BCUT2D eigenvalue weighted by molar-refractivity contribution is -0.123. The van der Waals surface area contributed by atoms with E-state index in [4.69, 9.17) is 4.74 Å². The normalized spacial score (nSPS) is 13.6. The maximum Gasteiger partial charge on any atom is 0.678 e. The Morgan fingerprint density at radius 3 is 2.65 bits per heavy atom. The number of rotatable bonds is 13. The zero-order valence-corrected chi connectivity index (χ0v) is 20.9. The Labute approximate surface area is 218 Å². The van der Waals surface area contributed by atoms with Crippen molar-refractivity contribution in [3.05, 3.63) is 83.0 Å². The number of benzene rings is 1. The van der Waals surface area contributed by atoms with Crippen molar-refractivity contribution in [1.29, 1.82) is 0 Å². The fraction of sp³-hybridized carbons (Fsp3) is 0.222. The van der Waals surface area contributed by atoms with Crippen molar-refractivity contribution in [2.75, 3.05) is 13.2 Å². The van der Waals surface area contributed by atoms with Gasteiger partial charge >= 0.3 is 7.40 Å². The molecular formula is C27H26BF2N3O3S. The monoisotopic (exact) mass is 521 g/mol. The van der Waals surface area contributed by atoms with Crippen LogP contribution in [0, 0.1) is 0 Å². The molecule has 0 spiro atoms. The number of nitrogens with one attached hydrogen (secondary N) is 1. The molecule has 0 atom stereocenters. The first-order valence-corrected chi connectivity index (χ1v) is 12.9. The average Bonchev–Trinajstić information content (AvgIpc) is 3.66. The van der Waals surface area contributed by atoms with E-state index in [1.807, 2.05) is 35.7 Å². The predicted octanol–water partition coefficient (Wildman–Crippen LogP) is 5.64. The Hall–Kier alpha value is -3.79. The molecule has 10 heteroatoms. The predicted molar refractivity (Wildman–Crippen MR) is 144 cm³/mol. The summed E-state index contributed by atoms with van der Waals surface area (Å²) in [6, 6.07) is 14.2. The van der Waals surface area contributed by atoms with Crippen molar-refractivity contribution in [2.45, 2.75) is 25.7 Å². The van der Waals surface area contributed by atoms with Gasteiger partial charge in [0.25, 0.3) is 5.91 Å². The number of thiophene rings is 1. The second-order valence-corrected chi connectivity index (χ2v) is 9.29. The Morgan fingerprint density at radius 2 is 1.92 bits per heavy atom. The molecule has 0 saturated heterocycles. The van der Waals surface area contributed by atoms with Gasteiger partial charge in [0.05, 0.1) is 17.1 Å². The van der Waals surface area contributed by atoms with E-state index in [2.05, 4.69) is 10.3 Å². The molecule has 1 aliphatic heterocycles. The third-order valence-corrected chi connectivity index (χ3v) is 6.61. The first kappa shape index (κ1) is 26.3. The number of aldehydes is 1. The third kappa shape index (κ3) is 7.13. The SMILES string of the molecule is O=CCCCCCNC(=O)COc1ccc(C2=N/C(=C\c3ccc(-c4cccs4)n3B(F)F)C=C2)cc1. The van der Waals surface area contributed by atoms with E-state index in [0.29, 0.717) is 41.5 Å². The van der Waals surface area contributed by atoms with Crippen LogP contribution < -0.4 is 10.1 Å². The highest BCUT2D eigenvalue weighted by atomic mass is 32.1. The van der Waals surface area contributed by atoms with E-state index in [1.165, 1.54) is 11.3 Å². The Balaban J connectivity index is 1.33. The standard InChI is InChI=1S/C27H26BF2N3O3S/c29-28(30)33-22(10-14-25(33)26-6-5-17-37-26)18-21-9-13-24(32-21)20-7-11-23(12-8-20)36-19-27(35)31-15-3-1-2-4-16-34/h5-14,16-18H,1-4,15,19H2,(H,31,35)/b21-18-. The number of halogens is 2. The molecule has 3 aromatic rings. The average molecular weight is 521 g/mol. The quantitative estimate of drug-likeness (QED) is 0.180. The van der Waals surface area contributed by atoms with Crippen molar-refractivity contribution in [3.8, 4) is 16.3 Å². The Morgan fingerprint density at radius 1 is 1.08 bits per heavy atom. The highest BCUT2D eigenvalue weighted by molar-refractivity contribution is 7.13. The largest absolute Gasteiger partial charge is 0.678 e. The van der Waals surface area contributed by atoms with Gasteiger partial charge in [0.15, 0.2) is 6.61 Å². The van der Waals surface area contributed by atoms with Crippen molar-refractivity contribution in [2.24, 2.45) is 4.99 Å². The molecule has 6 nitrogen and oxygen atoms in total. The molecule has 4 rings (SSSR count).